The molecule has 0 unspecified atom stereocenters. The van der Waals surface area contributed by atoms with Crippen molar-refractivity contribution in [3.63, 3.8) is 0 Å². The van der Waals surface area contributed by atoms with Crippen LogP contribution in [0.1, 0.15) is 22.8 Å². The molecule has 0 aliphatic carbocycles. The third kappa shape index (κ3) is 3.56. The first-order chi connectivity index (χ1) is 9.58. The van der Waals surface area contributed by atoms with Crippen LogP contribution in [-0.4, -0.2) is 16.6 Å². The van der Waals surface area contributed by atoms with Gasteiger partial charge in [0.2, 0.25) is 0 Å². The van der Waals surface area contributed by atoms with Crippen molar-refractivity contribution in [3.8, 4) is 0 Å². The Morgan fingerprint density at radius 3 is 2.45 bits per heavy atom. The van der Waals surface area contributed by atoms with E-state index in [1.165, 1.54) is 0 Å². The van der Waals surface area contributed by atoms with Crippen LogP contribution in [0.25, 0.3) is 0 Å². The summed E-state index contributed by atoms with van der Waals surface area (Å²) in [6, 6.07) is 8.38. The van der Waals surface area contributed by atoms with E-state index in [1.54, 1.807) is 49.6 Å². The van der Waals surface area contributed by atoms with Gasteiger partial charge < -0.3 is 0 Å². The minimum absolute atomic E-state index is 0.299. The molecule has 1 aromatic heterocycles. The second-order valence-corrected chi connectivity index (χ2v) is 4.82. The van der Waals surface area contributed by atoms with Gasteiger partial charge in [-0.05, 0) is 36.8 Å². The maximum Gasteiger partial charge on any atom is 0.271 e. The van der Waals surface area contributed by atoms with E-state index < -0.39 is 0 Å². The smallest absolute Gasteiger partial charge is 0.267 e. The highest BCUT2D eigenvalue weighted by atomic mass is 35.5. The summed E-state index contributed by atoms with van der Waals surface area (Å²) >= 11 is 11.8. The number of aromatic nitrogens is 1. The number of benzene rings is 1. The van der Waals surface area contributed by atoms with Crippen LogP contribution in [0, 0.1) is 0 Å². The van der Waals surface area contributed by atoms with E-state index in [4.69, 9.17) is 23.2 Å². The molecule has 0 spiro atoms. The van der Waals surface area contributed by atoms with Crippen molar-refractivity contribution in [2.45, 2.75) is 6.92 Å². The Balaban J connectivity index is 2.11. The molecule has 1 amide bonds. The van der Waals surface area contributed by atoms with Crippen LogP contribution < -0.4 is 5.43 Å². The van der Waals surface area contributed by atoms with Crippen LogP contribution in [0.15, 0.2) is 47.8 Å². The van der Waals surface area contributed by atoms with Gasteiger partial charge in [-0.25, -0.2) is 5.43 Å². The molecule has 2 rings (SSSR count). The molecule has 2 aromatic rings. The number of pyridine rings is 1. The van der Waals surface area contributed by atoms with E-state index in [-0.39, 0.29) is 5.91 Å². The monoisotopic (exact) mass is 307 g/mol. The van der Waals surface area contributed by atoms with E-state index >= 15 is 0 Å². The highest BCUT2D eigenvalue weighted by Gasteiger charge is 2.05. The second-order valence-electron chi connectivity index (χ2n) is 4.00. The highest BCUT2D eigenvalue weighted by Crippen LogP contribution is 2.22. The quantitative estimate of drug-likeness (QED) is 0.696. The molecule has 0 saturated heterocycles. The fraction of sp³-hybridized carbons (Fsp3) is 0.0714. The van der Waals surface area contributed by atoms with Crippen molar-refractivity contribution >= 4 is 34.8 Å². The molecular formula is C14H11Cl2N3O. The minimum Gasteiger partial charge on any atom is -0.267 e. The molecule has 1 N–H and O–H groups in total. The number of nitrogens with one attached hydrogen (secondary N) is 1. The zero-order valence-corrected chi connectivity index (χ0v) is 12.1. The lowest BCUT2D eigenvalue weighted by atomic mass is 10.1. The summed E-state index contributed by atoms with van der Waals surface area (Å²) in [6.45, 7) is 1.77. The Labute approximate surface area is 126 Å². The van der Waals surface area contributed by atoms with Gasteiger partial charge in [0.1, 0.15) is 0 Å². The molecule has 0 bridgehead atoms. The number of carbonyl (C=O) groups is 1. The highest BCUT2D eigenvalue weighted by molar-refractivity contribution is 6.42. The van der Waals surface area contributed by atoms with Gasteiger partial charge in [0.25, 0.3) is 5.91 Å². The van der Waals surface area contributed by atoms with E-state index in [2.05, 4.69) is 15.5 Å². The number of hydrazone groups is 1. The molecule has 0 aliphatic rings. The van der Waals surface area contributed by atoms with Crippen molar-refractivity contribution < 1.29 is 4.79 Å². The first kappa shape index (κ1) is 14.5. The van der Waals surface area contributed by atoms with Crippen molar-refractivity contribution in [1.29, 1.82) is 0 Å². The average Bonchev–Trinajstić information content (AvgIpc) is 2.48. The predicted octanol–water partition coefficient (Wildman–Crippen LogP) is 3.54. The number of amides is 1. The summed E-state index contributed by atoms with van der Waals surface area (Å²) in [5.74, 6) is -0.299. The third-order valence-corrected chi connectivity index (χ3v) is 3.34. The van der Waals surface area contributed by atoms with E-state index in [1.807, 2.05) is 0 Å². The molecule has 4 nitrogen and oxygen atoms in total. The predicted molar refractivity (Wildman–Crippen MR) is 80.4 cm³/mol. The maximum atomic E-state index is 11.8. The Kier molecular flexibility index (Phi) is 4.71. The number of hydrogen-bond donors (Lipinski definition) is 1. The van der Waals surface area contributed by atoms with Gasteiger partial charge in [-0.2, -0.15) is 5.10 Å². The molecular weight excluding hydrogens is 297 g/mol. The molecule has 20 heavy (non-hydrogen) atoms. The van der Waals surface area contributed by atoms with Crippen LogP contribution in [0.2, 0.25) is 10.0 Å². The molecule has 0 fully saturated rings. The summed E-state index contributed by atoms with van der Waals surface area (Å²) < 4.78 is 0. The summed E-state index contributed by atoms with van der Waals surface area (Å²) in [6.07, 6.45) is 3.09. The maximum absolute atomic E-state index is 11.8. The van der Waals surface area contributed by atoms with Gasteiger partial charge in [0.15, 0.2) is 0 Å². The Morgan fingerprint density at radius 1 is 1.10 bits per heavy atom. The minimum atomic E-state index is -0.299. The summed E-state index contributed by atoms with van der Waals surface area (Å²) in [5.41, 5.74) is 4.38. The number of rotatable bonds is 3. The largest absolute Gasteiger partial charge is 0.271 e. The van der Waals surface area contributed by atoms with Crippen LogP contribution in [0.3, 0.4) is 0 Å². The Bertz CT molecular complexity index is 657. The number of hydrogen-bond acceptors (Lipinski definition) is 3. The Morgan fingerprint density at radius 2 is 1.80 bits per heavy atom. The lowest BCUT2D eigenvalue weighted by molar-refractivity contribution is 0.0954. The number of nitrogens with zero attached hydrogens (tertiary/aromatic N) is 2. The molecule has 1 heterocycles. The topological polar surface area (TPSA) is 54.4 Å². The summed E-state index contributed by atoms with van der Waals surface area (Å²) in [7, 11) is 0. The van der Waals surface area contributed by atoms with Gasteiger partial charge in [0, 0.05) is 18.0 Å². The molecule has 0 atom stereocenters. The van der Waals surface area contributed by atoms with Gasteiger partial charge in [-0.15, -0.1) is 0 Å². The standard InChI is InChI=1S/C14H11Cl2N3O/c1-9(11-2-3-12(15)13(16)8-11)18-19-14(20)10-4-6-17-7-5-10/h2-8H,1H3,(H,19,20)/b18-9+. The van der Waals surface area contributed by atoms with E-state index in [9.17, 15) is 4.79 Å². The van der Waals surface area contributed by atoms with Gasteiger partial charge in [0.05, 0.1) is 15.8 Å². The third-order valence-electron chi connectivity index (χ3n) is 2.61. The number of carbonyl (C=O) groups excluding carboxylic acids is 1. The van der Waals surface area contributed by atoms with Crippen LogP contribution in [-0.2, 0) is 0 Å². The van der Waals surface area contributed by atoms with E-state index in [0.717, 1.165) is 5.56 Å². The lowest BCUT2D eigenvalue weighted by Gasteiger charge is -2.04. The Hall–Kier alpha value is -1.91. The van der Waals surface area contributed by atoms with Crippen molar-refractivity contribution in [3.05, 3.63) is 63.9 Å². The molecule has 6 heteroatoms. The van der Waals surface area contributed by atoms with Crippen molar-refractivity contribution in [2.75, 3.05) is 0 Å². The van der Waals surface area contributed by atoms with Crippen LogP contribution in [0.4, 0.5) is 0 Å². The molecule has 0 aliphatic heterocycles. The first-order valence-corrected chi connectivity index (χ1v) is 6.53. The average molecular weight is 308 g/mol. The molecule has 0 saturated carbocycles. The SMILES string of the molecule is C/C(=N\NC(=O)c1ccncc1)c1ccc(Cl)c(Cl)c1. The van der Waals surface area contributed by atoms with Crippen molar-refractivity contribution in [2.24, 2.45) is 5.10 Å². The lowest BCUT2D eigenvalue weighted by Crippen LogP contribution is -2.19. The molecule has 1 aromatic carbocycles. The van der Waals surface area contributed by atoms with Gasteiger partial charge >= 0.3 is 0 Å². The first-order valence-electron chi connectivity index (χ1n) is 5.78. The normalized spacial score (nSPS) is 11.2. The molecule has 102 valence electrons. The second kappa shape index (κ2) is 6.50. The zero-order chi connectivity index (χ0) is 14.5. The van der Waals surface area contributed by atoms with Crippen LogP contribution >= 0.6 is 23.2 Å². The van der Waals surface area contributed by atoms with E-state index in [0.29, 0.717) is 21.3 Å². The van der Waals surface area contributed by atoms with Crippen molar-refractivity contribution in [1.82, 2.24) is 10.4 Å². The fourth-order valence-electron chi connectivity index (χ4n) is 1.49. The van der Waals surface area contributed by atoms with Crippen LogP contribution in [0.5, 0.6) is 0 Å². The molecule has 0 radical (unpaired) electrons. The van der Waals surface area contributed by atoms with Gasteiger partial charge in [-0.1, -0.05) is 29.3 Å². The van der Waals surface area contributed by atoms with Gasteiger partial charge in [-0.3, -0.25) is 9.78 Å². The summed E-state index contributed by atoms with van der Waals surface area (Å²) in [5, 5.41) is 4.96. The number of halogens is 2. The zero-order valence-electron chi connectivity index (χ0n) is 10.6. The summed E-state index contributed by atoms with van der Waals surface area (Å²) in [4.78, 5) is 15.7. The fourth-order valence-corrected chi connectivity index (χ4v) is 1.79.